The molecule has 0 aliphatic heterocycles. The van der Waals surface area contributed by atoms with Gasteiger partial charge in [-0.1, -0.05) is 26.0 Å². The SMILES string of the molecule is Cc1csc(-c2cc3ccc(C(C)C)cc3[nH]2)c1. The highest BCUT2D eigenvalue weighted by molar-refractivity contribution is 7.13. The van der Waals surface area contributed by atoms with Crippen LogP contribution in [0.2, 0.25) is 0 Å². The van der Waals surface area contributed by atoms with Gasteiger partial charge in [-0.05, 0) is 47.5 Å². The Bertz CT molecular complexity index is 688. The van der Waals surface area contributed by atoms with Crippen LogP contribution in [-0.2, 0) is 0 Å². The number of benzene rings is 1. The summed E-state index contributed by atoms with van der Waals surface area (Å²) in [4.78, 5) is 4.85. The Morgan fingerprint density at radius 3 is 2.61 bits per heavy atom. The van der Waals surface area contributed by atoms with E-state index in [-0.39, 0.29) is 0 Å². The Labute approximate surface area is 111 Å². The molecule has 0 saturated heterocycles. The standard InChI is InChI=1S/C16H17NS/c1-10(2)12-4-5-13-8-15(17-14(13)7-12)16-6-11(3)9-18-16/h4-10,17H,1-3H3. The molecule has 0 fully saturated rings. The summed E-state index contributed by atoms with van der Waals surface area (Å²) >= 11 is 1.80. The van der Waals surface area contributed by atoms with Crippen LogP contribution < -0.4 is 0 Å². The molecule has 0 aliphatic carbocycles. The van der Waals surface area contributed by atoms with Crippen molar-refractivity contribution in [1.29, 1.82) is 0 Å². The fourth-order valence-corrected chi connectivity index (χ4v) is 3.08. The van der Waals surface area contributed by atoms with Crippen LogP contribution in [0.1, 0.15) is 30.9 Å². The Morgan fingerprint density at radius 2 is 1.94 bits per heavy atom. The molecule has 1 N–H and O–H groups in total. The van der Waals surface area contributed by atoms with Crippen molar-refractivity contribution in [2.75, 3.05) is 0 Å². The van der Waals surface area contributed by atoms with Gasteiger partial charge in [0, 0.05) is 10.9 Å². The monoisotopic (exact) mass is 255 g/mol. The molecule has 1 nitrogen and oxygen atoms in total. The number of nitrogens with one attached hydrogen (secondary N) is 1. The fourth-order valence-electron chi connectivity index (χ4n) is 2.21. The Balaban J connectivity index is 2.11. The van der Waals surface area contributed by atoms with Gasteiger partial charge in [0.25, 0.3) is 0 Å². The summed E-state index contributed by atoms with van der Waals surface area (Å²) in [6, 6.07) is 11.2. The molecule has 3 aromatic rings. The topological polar surface area (TPSA) is 15.8 Å². The number of aromatic amines is 1. The molecule has 0 aliphatic rings. The minimum atomic E-state index is 0.574. The summed E-state index contributed by atoms with van der Waals surface area (Å²) in [5, 5.41) is 3.49. The van der Waals surface area contributed by atoms with Crippen LogP contribution in [0.5, 0.6) is 0 Å². The molecule has 0 radical (unpaired) electrons. The minimum Gasteiger partial charge on any atom is -0.354 e. The third kappa shape index (κ3) is 1.97. The summed E-state index contributed by atoms with van der Waals surface area (Å²) in [6.07, 6.45) is 0. The first-order valence-corrected chi connectivity index (χ1v) is 7.19. The number of fused-ring (bicyclic) bond motifs is 1. The van der Waals surface area contributed by atoms with E-state index >= 15 is 0 Å². The maximum Gasteiger partial charge on any atom is 0.0566 e. The summed E-state index contributed by atoms with van der Waals surface area (Å²) in [5.41, 5.74) is 5.18. The molecular weight excluding hydrogens is 238 g/mol. The van der Waals surface area contributed by atoms with Crippen LogP contribution in [0.15, 0.2) is 35.7 Å². The predicted molar refractivity (Wildman–Crippen MR) is 80.4 cm³/mol. The van der Waals surface area contributed by atoms with Crippen molar-refractivity contribution in [2.45, 2.75) is 26.7 Å². The maximum absolute atomic E-state index is 3.53. The summed E-state index contributed by atoms with van der Waals surface area (Å²) < 4.78 is 0. The van der Waals surface area contributed by atoms with Gasteiger partial charge in [0.2, 0.25) is 0 Å². The van der Waals surface area contributed by atoms with Gasteiger partial charge in [-0.25, -0.2) is 0 Å². The van der Waals surface area contributed by atoms with Crippen molar-refractivity contribution in [3.63, 3.8) is 0 Å². The van der Waals surface area contributed by atoms with Crippen LogP contribution in [0.4, 0.5) is 0 Å². The third-order valence-corrected chi connectivity index (χ3v) is 4.39. The van der Waals surface area contributed by atoms with Crippen molar-refractivity contribution >= 4 is 22.2 Å². The lowest BCUT2D eigenvalue weighted by molar-refractivity contribution is 0.868. The van der Waals surface area contributed by atoms with Gasteiger partial charge in [0.1, 0.15) is 0 Å². The largest absolute Gasteiger partial charge is 0.354 e. The molecule has 0 amide bonds. The molecule has 0 bridgehead atoms. The fraction of sp³-hybridized carbons (Fsp3) is 0.250. The number of H-pyrrole nitrogens is 1. The second-order valence-electron chi connectivity index (χ2n) is 5.17. The van der Waals surface area contributed by atoms with E-state index in [9.17, 15) is 0 Å². The first-order chi connectivity index (χ1) is 8.63. The van der Waals surface area contributed by atoms with Crippen molar-refractivity contribution in [1.82, 2.24) is 4.98 Å². The van der Waals surface area contributed by atoms with Crippen LogP contribution in [0.3, 0.4) is 0 Å². The lowest BCUT2D eigenvalue weighted by Gasteiger charge is -2.03. The van der Waals surface area contributed by atoms with Crippen molar-refractivity contribution < 1.29 is 0 Å². The van der Waals surface area contributed by atoms with Crippen LogP contribution in [-0.4, -0.2) is 4.98 Å². The summed E-state index contributed by atoms with van der Waals surface area (Å²) in [6.45, 7) is 6.60. The Morgan fingerprint density at radius 1 is 1.11 bits per heavy atom. The first kappa shape index (κ1) is 11.5. The Kier molecular flexibility index (Phi) is 2.75. The molecule has 0 saturated carbocycles. The predicted octanol–water partition coefficient (Wildman–Crippen LogP) is 5.33. The first-order valence-electron chi connectivity index (χ1n) is 6.31. The lowest BCUT2D eigenvalue weighted by atomic mass is 10.0. The average Bonchev–Trinajstić information content (AvgIpc) is 2.93. The van der Waals surface area contributed by atoms with Crippen molar-refractivity contribution in [2.24, 2.45) is 0 Å². The highest BCUT2D eigenvalue weighted by atomic mass is 32.1. The van der Waals surface area contributed by atoms with Gasteiger partial charge in [-0.15, -0.1) is 11.3 Å². The molecule has 2 aromatic heterocycles. The zero-order valence-corrected chi connectivity index (χ0v) is 11.8. The number of aryl methyl sites for hydroxylation is 1. The summed E-state index contributed by atoms with van der Waals surface area (Å²) in [7, 11) is 0. The quantitative estimate of drug-likeness (QED) is 0.637. The molecule has 1 aromatic carbocycles. The molecule has 2 heteroatoms. The smallest absolute Gasteiger partial charge is 0.0566 e. The number of rotatable bonds is 2. The number of hydrogen-bond donors (Lipinski definition) is 1. The minimum absolute atomic E-state index is 0.574. The van der Waals surface area contributed by atoms with Gasteiger partial charge >= 0.3 is 0 Å². The van der Waals surface area contributed by atoms with E-state index in [4.69, 9.17) is 0 Å². The van der Waals surface area contributed by atoms with Crippen molar-refractivity contribution in [3.8, 4) is 10.6 Å². The molecule has 0 atom stereocenters. The second kappa shape index (κ2) is 4.29. The van der Waals surface area contributed by atoms with E-state index in [0.29, 0.717) is 5.92 Å². The van der Waals surface area contributed by atoms with Crippen molar-refractivity contribution in [3.05, 3.63) is 46.8 Å². The van der Waals surface area contributed by atoms with Gasteiger partial charge in [-0.2, -0.15) is 0 Å². The highest BCUT2D eigenvalue weighted by Gasteiger charge is 2.07. The normalized spacial score (nSPS) is 11.6. The molecule has 0 spiro atoms. The zero-order valence-electron chi connectivity index (χ0n) is 10.9. The van der Waals surface area contributed by atoms with E-state index in [1.807, 2.05) is 0 Å². The molecule has 92 valence electrons. The highest BCUT2D eigenvalue weighted by Crippen LogP contribution is 2.30. The second-order valence-corrected chi connectivity index (χ2v) is 6.08. The number of aromatic nitrogens is 1. The van der Waals surface area contributed by atoms with E-state index in [2.05, 4.69) is 61.5 Å². The summed E-state index contributed by atoms with van der Waals surface area (Å²) in [5.74, 6) is 0.574. The van der Waals surface area contributed by atoms with E-state index in [1.54, 1.807) is 11.3 Å². The van der Waals surface area contributed by atoms with Crippen LogP contribution in [0.25, 0.3) is 21.5 Å². The molecular formula is C16H17NS. The molecule has 3 rings (SSSR count). The lowest BCUT2D eigenvalue weighted by Crippen LogP contribution is -1.85. The molecule has 0 unspecified atom stereocenters. The van der Waals surface area contributed by atoms with Gasteiger partial charge in [0.15, 0.2) is 0 Å². The van der Waals surface area contributed by atoms with Gasteiger partial charge in [-0.3, -0.25) is 0 Å². The Hall–Kier alpha value is -1.54. The van der Waals surface area contributed by atoms with E-state index < -0.39 is 0 Å². The maximum atomic E-state index is 3.53. The van der Waals surface area contributed by atoms with E-state index in [1.165, 1.54) is 32.6 Å². The number of thiophene rings is 1. The zero-order chi connectivity index (χ0) is 12.7. The van der Waals surface area contributed by atoms with Crippen LogP contribution in [0, 0.1) is 6.92 Å². The van der Waals surface area contributed by atoms with E-state index in [0.717, 1.165) is 0 Å². The third-order valence-electron chi connectivity index (χ3n) is 3.31. The van der Waals surface area contributed by atoms with Gasteiger partial charge < -0.3 is 4.98 Å². The van der Waals surface area contributed by atoms with Crippen LogP contribution >= 0.6 is 11.3 Å². The average molecular weight is 255 g/mol. The number of hydrogen-bond acceptors (Lipinski definition) is 1. The van der Waals surface area contributed by atoms with Gasteiger partial charge in [0.05, 0.1) is 10.6 Å². The molecule has 2 heterocycles. The molecule has 18 heavy (non-hydrogen) atoms.